The molecule has 2 aromatic carbocycles. The molecule has 1 N–H and O–H groups in total. The van der Waals surface area contributed by atoms with Gasteiger partial charge in [0.05, 0.1) is 7.11 Å². The first-order valence-electron chi connectivity index (χ1n) is 9.68. The Bertz CT molecular complexity index is 773. The standard InChI is InChI=1S/C23H28ClNO2/c1-26-22-12-6-10-20(16-25-14-13-18-7-3-2-4-8-18)23(22)27-17-19-9-5-11-21(24)15-19/h5-7,9-12,15,25H,2-4,8,13-14,16-17H2,1H3. The van der Waals surface area contributed by atoms with Crippen molar-refractivity contribution in [3.05, 3.63) is 70.3 Å². The maximum atomic E-state index is 6.11. The summed E-state index contributed by atoms with van der Waals surface area (Å²) in [5.41, 5.74) is 3.74. The van der Waals surface area contributed by atoms with Crippen LogP contribution >= 0.6 is 11.6 Å². The third kappa shape index (κ3) is 6.02. The Morgan fingerprint density at radius 1 is 1.11 bits per heavy atom. The first-order valence-corrected chi connectivity index (χ1v) is 10.1. The summed E-state index contributed by atoms with van der Waals surface area (Å²) in [5, 5.41) is 4.27. The van der Waals surface area contributed by atoms with Gasteiger partial charge in [-0.25, -0.2) is 0 Å². The van der Waals surface area contributed by atoms with E-state index in [0.717, 1.165) is 47.2 Å². The second kappa shape index (κ2) is 10.4. The minimum absolute atomic E-state index is 0.459. The number of methoxy groups -OCH3 is 1. The van der Waals surface area contributed by atoms with Gasteiger partial charge in [0.1, 0.15) is 6.61 Å². The molecule has 3 nitrogen and oxygen atoms in total. The summed E-state index contributed by atoms with van der Waals surface area (Å²) in [6.07, 6.45) is 8.72. The third-order valence-electron chi connectivity index (χ3n) is 4.88. The highest BCUT2D eigenvalue weighted by Crippen LogP contribution is 2.32. The van der Waals surface area contributed by atoms with E-state index in [1.807, 2.05) is 36.4 Å². The van der Waals surface area contributed by atoms with Crippen molar-refractivity contribution in [2.75, 3.05) is 13.7 Å². The van der Waals surface area contributed by atoms with Gasteiger partial charge in [-0.2, -0.15) is 0 Å². The van der Waals surface area contributed by atoms with Gasteiger partial charge in [0.25, 0.3) is 0 Å². The van der Waals surface area contributed by atoms with E-state index in [1.54, 1.807) is 12.7 Å². The quantitative estimate of drug-likeness (QED) is 0.430. The molecule has 0 aromatic heterocycles. The van der Waals surface area contributed by atoms with Crippen molar-refractivity contribution in [1.82, 2.24) is 5.32 Å². The van der Waals surface area contributed by atoms with Crippen molar-refractivity contribution in [2.24, 2.45) is 0 Å². The van der Waals surface area contributed by atoms with Gasteiger partial charge >= 0.3 is 0 Å². The molecule has 0 heterocycles. The first kappa shape index (κ1) is 19.8. The lowest BCUT2D eigenvalue weighted by Gasteiger charge is -2.16. The Hall–Kier alpha value is -1.97. The monoisotopic (exact) mass is 385 g/mol. The van der Waals surface area contributed by atoms with E-state index in [4.69, 9.17) is 21.1 Å². The maximum absolute atomic E-state index is 6.11. The van der Waals surface area contributed by atoms with E-state index < -0.39 is 0 Å². The molecule has 4 heteroatoms. The fraction of sp³-hybridized carbons (Fsp3) is 0.391. The lowest BCUT2D eigenvalue weighted by Crippen LogP contribution is -2.16. The lowest BCUT2D eigenvalue weighted by molar-refractivity contribution is 0.280. The molecule has 27 heavy (non-hydrogen) atoms. The SMILES string of the molecule is COc1cccc(CNCCC2=CCCCC2)c1OCc1cccc(Cl)c1. The van der Waals surface area contributed by atoms with E-state index >= 15 is 0 Å². The molecule has 0 fully saturated rings. The second-order valence-electron chi connectivity index (χ2n) is 6.90. The van der Waals surface area contributed by atoms with Crippen LogP contribution in [0, 0.1) is 0 Å². The fourth-order valence-electron chi connectivity index (χ4n) is 3.41. The van der Waals surface area contributed by atoms with Gasteiger partial charge in [0.15, 0.2) is 11.5 Å². The van der Waals surface area contributed by atoms with Crippen LogP contribution in [0.15, 0.2) is 54.1 Å². The lowest BCUT2D eigenvalue weighted by atomic mass is 9.97. The molecule has 0 bridgehead atoms. The second-order valence-corrected chi connectivity index (χ2v) is 7.34. The number of ether oxygens (including phenoxy) is 2. The van der Waals surface area contributed by atoms with Crippen LogP contribution < -0.4 is 14.8 Å². The molecule has 0 radical (unpaired) electrons. The molecule has 0 saturated heterocycles. The number of hydrogen-bond donors (Lipinski definition) is 1. The summed E-state index contributed by atoms with van der Waals surface area (Å²) < 4.78 is 11.6. The van der Waals surface area contributed by atoms with E-state index in [2.05, 4.69) is 17.5 Å². The van der Waals surface area contributed by atoms with Crippen LogP contribution in [0.5, 0.6) is 11.5 Å². The minimum Gasteiger partial charge on any atom is -0.493 e. The first-order chi connectivity index (χ1) is 13.3. The summed E-state index contributed by atoms with van der Waals surface area (Å²) in [4.78, 5) is 0. The Balaban J connectivity index is 1.59. The average Bonchev–Trinajstić information content (AvgIpc) is 2.70. The normalized spacial score (nSPS) is 13.9. The van der Waals surface area contributed by atoms with Crippen LogP contribution in [-0.4, -0.2) is 13.7 Å². The Morgan fingerprint density at radius 2 is 2.00 bits per heavy atom. The predicted molar refractivity (Wildman–Crippen MR) is 112 cm³/mol. The minimum atomic E-state index is 0.459. The molecule has 0 spiro atoms. The maximum Gasteiger partial charge on any atom is 0.166 e. The zero-order valence-corrected chi connectivity index (χ0v) is 16.7. The van der Waals surface area contributed by atoms with E-state index in [1.165, 1.54) is 25.7 Å². The van der Waals surface area contributed by atoms with Crippen LogP contribution in [0.4, 0.5) is 0 Å². The summed E-state index contributed by atoms with van der Waals surface area (Å²) in [5.74, 6) is 1.55. The van der Waals surface area contributed by atoms with Gasteiger partial charge in [0.2, 0.25) is 0 Å². The molecule has 0 atom stereocenters. The zero-order valence-electron chi connectivity index (χ0n) is 16.0. The number of rotatable bonds is 9. The molecule has 3 rings (SSSR count). The van der Waals surface area contributed by atoms with Crippen molar-refractivity contribution >= 4 is 11.6 Å². The molecule has 1 aliphatic carbocycles. The summed E-state index contributed by atoms with van der Waals surface area (Å²) in [6, 6.07) is 13.8. The summed E-state index contributed by atoms with van der Waals surface area (Å²) in [6.45, 7) is 2.20. The van der Waals surface area contributed by atoms with Crippen LogP contribution in [0.1, 0.15) is 43.2 Å². The van der Waals surface area contributed by atoms with Crippen molar-refractivity contribution in [3.63, 3.8) is 0 Å². The number of para-hydroxylation sites is 1. The molecule has 1 aliphatic rings. The molecule has 0 aliphatic heterocycles. The molecule has 144 valence electrons. The van der Waals surface area contributed by atoms with Crippen LogP contribution in [0.25, 0.3) is 0 Å². The van der Waals surface area contributed by atoms with Crippen molar-refractivity contribution in [2.45, 2.75) is 45.3 Å². The fourth-order valence-corrected chi connectivity index (χ4v) is 3.62. The smallest absolute Gasteiger partial charge is 0.166 e. The number of halogens is 1. The van der Waals surface area contributed by atoms with E-state index in [9.17, 15) is 0 Å². The van der Waals surface area contributed by atoms with E-state index in [0.29, 0.717) is 6.61 Å². The van der Waals surface area contributed by atoms with E-state index in [-0.39, 0.29) is 0 Å². The molecule has 2 aromatic rings. The summed E-state index contributed by atoms with van der Waals surface area (Å²) >= 11 is 6.07. The van der Waals surface area contributed by atoms with Gasteiger partial charge in [-0.1, -0.05) is 47.5 Å². The molecule has 0 saturated carbocycles. The average molecular weight is 386 g/mol. The highest BCUT2D eigenvalue weighted by Gasteiger charge is 2.11. The Labute approximate surface area is 167 Å². The largest absolute Gasteiger partial charge is 0.493 e. The van der Waals surface area contributed by atoms with Crippen LogP contribution in [0.2, 0.25) is 5.02 Å². The van der Waals surface area contributed by atoms with Crippen molar-refractivity contribution < 1.29 is 9.47 Å². The van der Waals surface area contributed by atoms with Gasteiger partial charge < -0.3 is 14.8 Å². The van der Waals surface area contributed by atoms with Gasteiger partial charge in [-0.05, 0) is 62.4 Å². The van der Waals surface area contributed by atoms with Crippen molar-refractivity contribution in [1.29, 1.82) is 0 Å². The Kier molecular flexibility index (Phi) is 7.61. The number of hydrogen-bond acceptors (Lipinski definition) is 3. The predicted octanol–water partition coefficient (Wildman–Crippen LogP) is 5.91. The number of benzene rings is 2. The third-order valence-corrected chi connectivity index (χ3v) is 5.11. The molecular weight excluding hydrogens is 358 g/mol. The molecule has 0 unspecified atom stereocenters. The van der Waals surface area contributed by atoms with Crippen LogP contribution in [-0.2, 0) is 13.2 Å². The van der Waals surface area contributed by atoms with Gasteiger partial charge in [-0.15, -0.1) is 0 Å². The molecule has 0 amide bonds. The van der Waals surface area contributed by atoms with Gasteiger partial charge in [-0.3, -0.25) is 0 Å². The summed E-state index contributed by atoms with van der Waals surface area (Å²) in [7, 11) is 1.67. The van der Waals surface area contributed by atoms with Gasteiger partial charge in [0, 0.05) is 17.1 Å². The Morgan fingerprint density at radius 3 is 2.78 bits per heavy atom. The highest BCUT2D eigenvalue weighted by atomic mass is 35.5. The topological polar surface area (TPSA) is 30.5 Å². The van der Waals surface area contributed by atoms with Crippen molar-refractivity contribution in [3.8, 4) is 11.5 Å². The molecular formula is C23H28ClNO2. The number of allylic oxidation sites excluding steroid dienone is 1. The zero-order chi connectivity index (χ0) is 18.9. The van der Waals surface area contributed by atoms with Crippen LogP contribution in [0.3, 0.4) is 0 Å². The number of nitrogens with one attached hydrogen (secondary N) is 1. The highest BCUT2D eigenvalue weighted by molar-refractivity contribution is 6.30.